The molecule has 0 bridgehead atoms. The zero-order chi connectivity index (χ0) is 15.2. The minimum Gasteiger partial charge on any atom is -0.506 e. The lowest BCUT2D eigenvalue weighted by Gasteiger charge is -2.29. The molecular formula is C16H23N3O2. The number of rotatable bonds is 6. The van der Waals surface area contributed by atoms with Crippen molar-refractivity contribution in [2.24, 2.45) is 4.99 Å². The Morgan fingerprint density at radius 1 is 1.24 bits per heavy atom. The lowest BCUT2D eigenvalue weighted by molar-refractivity contribution is 0.265. The van der Waals surface area contributed by atoms with Gasteiger partial charge in [-0.25, -0.2) is 0 Å². The summed E-state index contributed by atoms with van der Waals surface area (Å²) in [4.78, 5) is 10.5. The van der Waals surface area contributed by atoms with E-state index in [4.69, 9.17) is 0 Å². The summed E-state index contributed by atoms with van der Waals surface area (Å²) in [6, 6.07) is 3.84. The Balaban J connectivity index is 2.20. The average molecular weight is 289 g/mol. The normalized spacial score (nSPS) is 15.3. The van der Waals surface area contributed by atoms with Gasteiger partial charge < -0.3 is 15.1 Å². The second-order valence-electron chi connectivity index (χ2n) is 5.36. The first kappa shape index (κ1) is 15.4. The third-order valence-electron chi connectivity index (χ3n) is 3.61. The summed E-state index contributed by atoms with van der Waals surface area (Å²) >= 11 is 0. The molecule has 0 saturated carbocycles. The number of aliphatic imine (C=N–C) groups is 1. The van der Waals surface area contributed by atoms with Crippen molar-refractivity contribution in [3.63, 3.8) is 0 Å². The van der Waals surface area contributed by atoms with Crippen molar-refractivity contribution < 1.29 is 10.2 Å². The minimum absolute atomic E-state index is 0.0807. The maximum absolute atomic E-state index is 9.75. The van der Waals surface area contributed by atoms with E-state index in [0.717, 1.165) is 30.6 Å². The molecule has 2 heterocycles. The maximum atomic E-state index is 9.75. The predicted octanol–water partition coefficient (Wildman–Crippen LogP) is 3.32. The number of aliphatic hydroxyl groups is 2. The van der Waals surface area contributed by atoms with Gasteiger partial charge in [-0.3, -0.25) is 4.98 Å². The summed E-state index contributed by atoms with van der Waals surface area (Å²) in [6.07, 6.45) is 6.29. The van der Waals surface area contributed by atoms with E-state index in [0.29, 0.717) is 5.84 Å². The smallest absolute Gasteiger partial charge is 0.253 e. The molecule has 1 aromatic heterocycles. The quantitative estimate of drug-likeness (QED) is 0.788. The van der Waals surface area contributed by atoms with Crippen LogP contribution in [0.1, 0.15) is 43.9 Å². The first-order chi connectivity index (χ1) is 10.1. The highest BCUT2D eigenvalue weighted by Crippen LogP contribution is 2.18. The molecule has 5 nitrogen and oxygen atoms in total. The second-order valence-corrected chi connectivity index (χ2v) is 5.36. The van der Waals surface area contributed by atoms with Gasteiger partial charge in [0.1, 0.15) is 5.69 Å². The fraction of sp³-hybridized carbons (Fsp3) is 0.500. The van der Waals surface area contributed by atoms with Crippen LogP contribution in [-0.4, -0.2) is 39.0 Å². The van der Waals surface area contributed by atoms with Crippen molar-refractivity contribution in [2.45, 2.75) is 39.5 Å². The molecule has 0 aromatic carbocycles. The van der Waals surface area contributed by atoms with Crippen molar-refractivity contribution in [3.8, 4) is 0 Å². The Kier molecular flexibility index (Phi) is 5.20. The molecule has 21 heavy (non-hydrogen) atoms. The molecule has 2 rings (SSSR count). The summed E-state index contributed by atoms with van der Waals surface area (Å²) in [5.41, 5.74) is 1.76. The molecular weight excluding hydrogens is 266 g/mol. The van der Waals surface area contributed by atoms with Crippen LogP contribution < -0.4 is 0 Å². The number of amidine groups is 1. The molecule has 0 spiro atoms. The van der Waals surface area contributed by atoms with Crippen molar-refractivity contribution >= 4 is 5.84 Å². The molecule has 0 fully saturated rings. The van der Waals surface area contributed by atoms with Crippen LogP contribution in [0.25, 0.3) is 0 Å². The summed E-state index contributed by atoms with van der Waals surface area (Å²) < 4.78 is 0. The number of hydrogen-bond donors (Lipinski definition) is 2. The average Bonchev–Trinajstić information content (AvgIpc) is 2.47. The third kappa shape index (κ3) is 3.74. The van der Waals surface area contributed by atoms with Crippen LogP contribution in [0.3, 0.4) is 0 Å². The Bertz CT molecular complexity index is 552. The zero-order valence-corrected chi connectivity index (χ0v) is 12.7. The van der Waals surface area contributed by atoms with Gasteiger partial charge in [0.15, 0.2) is 11.6 Å². The number of hydrogen-bond acceptors (Lipinski definition) is 5. The van der Waals surface area contributed by atoms with E-state index in [1.165, 1.54) is 12.8 Å². The van der Waals surface area contributed by atoms with Gasteiger partial charge in [-0.05, 0) is 25.0 Å². The van der Waals surface area contributed by atoms with Gasteiger partial charge in [0, 0.05) is 12.7 Å². The largest absolute Gasteiger partial charge is 0.506 e. The van der Waals surface area contributed by atoms with Crippen molar-refractivity contribution in [1.82, 2.24) is 9.88 Å². The summed E-state index contributed by atoms with van der Waals surface area (Å²) in [6.45, 7) is 5.23. The first-order valence-electron chi connectivity index (χ1n) is 7.50. The standard InChI is InChI=1S/C16H23N3O2/c1-3-4-5-6-10-19-11-13(20)16(21)18-15(19)14-12(2)8-7-9-17-14/h7-9,20-21H,3-6,10-11H2,1-2H3. The zero-order valence-electron chi connectivity index (χ0n) is 12.7. The third-order valence-corrected chi connectivity index (χ3v) is 3.61. The Hall–Kier alpha value is -2.04. The van der Waals surface area contributed by atoms with Crippen LogP contribution in [0.15, 0.2) is 35.0 Å². The lowest BCUT2D eigenvalue weighted by Crippen LogP contribution is -2.38. The van der Waals surface area contributed by atoms with Gasteiger partial charge in [-0.1, -0.05) is 32.3 Å². The van der Waals surface area contributed by atoms with Crippen LogP contribution >= 0.6 is 0 Å². The molecule has 0 amide bonds. The topological polar surface area (TPSA) is 69.0 Å². The van der Waals surface area contributed by atoms with Crippen LogP contribution in [0.5, 0.6) is 0 Å². The Morgan fingerprint density at radius 3 is 2.76 bits per heavy atom. The summed E-state index contributed by atoms with van der Waals surface area (Å²) in [5, 5.41) is 19.5. The van der Waals surface area contributed by atoms with Gasteiger partial charge in [-0.2, -0.15) is 4.99 Å². The number of aromatic nitrogens is 1. The molecule has 0 aliphatic carbocycles. The van der Waals surface area contributed by atoms with E-state index in [2.05, 4.69) is 16.9 Å². The number of pyridine rings is 1. The monoisotopic (exact) mass is 289 g/mol. The van der Waals surface area contributed by atoms with Gasteiger partial charge >= 0.3 is 0 Å². The van der Waals surface area contributed by atoms with Gasteiger partial charge in [0.05, 0.1) is 6.54 Å². The predicted molar refractivity (Wildman–Crippen MR) is 83.5 cm³/mol. The molecule has 5 heteroatoms. The maximum Gasteiger partial charge on any atom is 0.253 e. The SMILES string of the molecule is CCCCCCN1CC(O)=C(O)N=C1c1ncccc1C. The highest BCUT2D eigenvalue weighted by molar-refractivity contribution is 5.99. The van der Waals surface area contributed by atoms with Crippen LogP contribution in [-0.2, 0) is 0 Å². The summed E-state index contributed by atoms with van der Waals surface area (Å²) in [5.74, 6) is 0.252. The highest BCUT2D eigenvalue weighted by atomic mass is 16.3. The molecule has 1 aromatic rings. The fourth-order valence-corrected chi connectivity index (χ4v) is 2.40. The fourth-order valence-electron chi connectivity index (χ4n) is 2.40. The number of unbranched alkanes of at least 4 members (excludes halogenated alkanes) is 3. The molecule has 0 radical (unpaired) electrons. The molecule has 1 aliphatic heterocycles. The highest BCUT2D eigenvalue weighted by Gasteiger charge is 2.24. The van der Waals surface area contributed by atoms with Crippen molar-refractivity contribution in [3.05, 3.63) is 41.2 Å². The first-order valence-corrected chi connectivity index (χ1v) is 7.50. The Morgan fingerprint density at radius 2 is 2.05 bits per heavy atom. The van der Waals surface area contributed by atoms with Crippen LogP contribution in [0.4, 0.5) is 0 Å². The molecule has 0 unspecified atom stereocenters. The van der Waals surface area contributed by atoms with Crippen LogP contribution in [0.2, 0.25) is 0 Å². The lowest BCUT2D eigenvalue weighted by atomic mass is 10.1. The number of aliphatic hydroxyl groups excluding tert-OH is 2. The molecule has 2 N–H and O–H groups in total. The van der Waals surface area contributed by atoms with E-state index < -0.39 is 0 Å². The van der Waals surface area contributed by atoms with E-state index in [9.17, 15) is 10.2 Å². The van der Waals surface area contributed by atoms with Crippen molar-refractivity contribution in [1.29, 1.82) is 0 Å². The minimum atomic E-state index is -0.306. The van der Waals surface area contributed by atoms with Crippen LogP contribution in [0, 0.1) is 6.92 Å². The summed E-state index contributed by atoms with van der Waals surface area (Å²) in [7, 11) is 0. The van der Waals surface area contributed by atoms with Gasteiger partial charge in [0.25, 0.3) is 5.88 Å². The van der Waals surface area contributed by atoms with E-state index in [-0.39, 0.29) is 18.2 Å². The van der Waals surface area contributed by atoms with E-state index >= 15 is 0 Å². The number of aryl methyl sites for hydroxylation is 1. The molecule has 114 valence electrons. The molecule has 0 saturated heterocycles. The van der Waals surface area contributed by atoms with E-state index in [1.54, 1.807) is 6.20 Å². The molecule has 0 atom stereocenters. The van der Waals surface area contributed by atoms with Gasteiger partial charge in [0.2, 0.25) is 0 Å². The van der Waals surface area contributed by atoms with E-state index in [1.807, 2.05) is 24.0 Å². The number of nitrogens with zero attached hydrogens (tertiary/aromatic N) is 3. The second kappa shape index (κ2) is 7.11. The Labute approximate surface area is 125 Å². The van der Waals surface area contributed by atoms with Gasteiger partial charge in [-0.15, -0.1) is 0 Å². The molecule has 1 aliphatic rings. The van der Waals surface area contributed by atoms with Crippen molar-refractivity contribution in [2.75, 3.05) is 13.1 Å².